The zero-order valence-electron chi connectivity index (χ0n) is 16.0. The number of hydrogen-bond donors (Lipinski definition) is 1. The van der Waals surface area contributed by atoms with E-state index in [1.54, 1.807) is 20.8 Å². The molecule has 1 aliphatic rings. The standard InChI is InChI=1S/C18H21N3O7/c1-5-28-17(24)14-16(23)15(12(22)9-18(14,2)3)20-19-11-7-6-10(21(25)26)8-13(11)27-4/h6-8,14,23H,5,9H2,1-4H3. The van der Waals surface area contributed by atoms with Gasteiger partial charge in [-0.3, -0.25) is 19.7 Å². The highest BCUT2D eigenvalue weighted by molar-refractivity contribution is 5.99. The zero-order chi connectivity index (χ0) is 21.1. The molecule has 0 saturated heterocycles. The summed E-state index contributed by atoms with van der Waals surface area (Å²) in [5, 5.41) is 29.1. The molecule has 28 heavy (non-hydrogen) atoms. The summed E-state index contributed by atoms with van der Waals surface area (Å²) in [6, 6.07) is 3.67. The van der Waals surface area contributed by atoms with Crippen molar-refractivity contribution in [3.05, 3.63) is 39.8 Å². The molecule has 0 aromatic heterocycles. The van der Waals surface area contributed by atoms with Gasteiger partial charge in [0, 0.05) is 12.5 Å². The van der Waals surface area contributed by atoms with Crippen molar-refractivity contribution in [3.63, 3.8) is 0 Å². The number of ketones is 1. The van der Waals surface area contributed by atoms with Crippen LogP contribution in [0, 0.1) is 21.4 Å². The SMILES string of the molecule is CCOC(=O)C1C(O)=C(N=Nc2ccc([N+](=O)[O-])cc2OC)C(=O)CC1(C)C. The number of methoxy groups -OCH3 is 1. The predicted molar refractivity (Wildman–Crippen MR) is 97.3 cm³/mol. The third-order valence-electron chi connectivity index (χ3n) is 4.33. The van der Waals surface area contributed by atoms with Crippen molar-refractivity contribution < 1.29 is 29.1 Å². The van der Waals surface area contributed by atoms with Crippen molar-refractivity contribution in [1.29, 1.82) is 0 Å². The minimum absolute atomic E-state index is 0.0354. The minimum Gasteiger partial charge on any atom is -0.509 e. The molecule has 0 heterocycles. The molecular formula is C18H21N3O7. The van der Waals surface area contributed by atoms with Crippen LogP contribution in [0.5, 0.6) is 5.75 Å². The number of aliphatic hydroxyl groups is 1. The number of Topliss-reactive ketones (excluding diaryl/α,β-unsaturated/α-hetero) is 1. The highest BCUT2D eigenvalue weighted by Gasteiger charge is 2.47. The third-order valence-corrected chi connectivity index (χ3v) is 4.33. The number of ether oxygens (including phenoxy) is 2. The number of hydrogen-bond acceptors (Lipinski definition) is 9. The van der Waals surface area contributed by atoms with Gasteiger partial charge in [-0.15, -0.1) is 10.2 Å². The molecule has 10 heteroatoms. The van der Waals surface area contributed by atoms with Gasteiger partial charge >= 0.3 is 5.97 Å². The topological polar surface area (TPSA) is 141 Å². The first-order chi connectivity index (χ1) is 13.1. The first kappa shape index (κ1) is 21.0. The molecule has 150 valence electrons. The Morgan fingerprint density at radius 2 is 2.07 bits per heavy atom. The molecule has 1 aliphatic carbocycles. The molecule has 0 bridgehead atoms. The number of rotatable bonds is 6. The summed E-state index contributed by atoms with van der Waals surface area (Å²) < 4.78 is 10.1. The molecule has 0 saturated carbocycles. The van der Waals surface area contributed by atoms with Crippen LogP contribution in [-0.4, -0.2) is 35.5 Å². The Hall–Kier alpha value is -3.30. The summed E-state index contributed by atoms with van der Waals surface area (Å²) in [5.41, 5.74) is -1.27. The Bertz CT molecular complexity index is 874. The molecule has 1 unspecified atom stereocenters. The summed E-state index contributed by atoms with van der Waals surface area (Å²) in [7, 11) is 1.31. The normalized spacial score (nSPS) is 19.0. The van der Waals surface area contributed by atoms with Crippen LogP contribution in [0.3, 0.4) is 0 Å². The molecule has 0 fully saturated rings. The lowest BCUT2D eigenvalue weighted by atomic mass is 9.70. The summed E-state index contributed by atoms with van der Waals surface area (Å²) in [4.78, 5) is 35.0. The van der Waals surface area contributed by atoms with Crippen molar-refractivity contribution in [2.75, 3.05) is 13.7 Å². The van der Waals surface area contributed by atoms with E-state index in [1.807, 2.05) is 0 Å². The van der Waals surface area contributed by atoms with Crippen LogP contribution in [0.25, 0.3) is 0 Å². The van der Waals surface area contributed by atoms with Gasteiger partial charge in [0.15, 0.2) is 17.2 Å². The first-order valence-electron chi connectivity index (χ1n) is 8.49. The molecule has 2 rings (SSSR count). The van der Waals surface area contributed by atoms with E-state index >= 15 is 0 Å². The molecule has 1 N–H and O–H groups in total. The molecule has 0 amide bonds. The number of nitrogens with zero attached hydrogens (tertiary/aromatic N) is 3. The fourth-order valence-electron chi connectivity index (χ4n) is 2.98. The van der Waals surface area contributed by atoms with Gasteiger partial charge < -0.3 is 14.6 Å². The number of nitro groups is 1. The largest absolute Gasteiger partial charge is 0.509 e. The number of nitro benzene ring substituents is 1. The molecule has 1 aromatic carbocycles. The van der Waals surface area contributed by atoms with Crippen molar-refractivity contribution in [3.8, 4) is 5.75 Å². The van der Waals surface area contributed by atoms with Crippen LogP contribution in [0.4, 0.5) is 11.4 Å². The number of carbonyl (C=O) groups is 2. The molecule has 1 aromatic rings. The average molecular weight is 391 g/mol. The highest BCUT2D eigenvalue weighted by Crippen LogP contribution is 2.43. The fraction of sp³-hybridized carbons (Fsp3) is 0.444. The maximum absolute atomic E-state index is 12.4. The number of benzene rings is 1. The monoisotopic (exact) mass is 391 g/mol. The third kappa shape index (κ3) is 4.16. The number of aliphatic hydroxyl groups excluding tert-OH is 1. The Labute approximate surface area is 161 Å². The van der Waals surface area contributed by atoms with Gasteiger partial charge in [0.05, 0.1) is 24.7 Å². The Morgan fingerprint density at radius 3 is 2.64 bits per heavy atom. The lowest BCUT2D eigenvalue weighted by Gasteiger charge is -2.35. The summed E-state index contributed by atoms with van der Waals surface area (Å²) >= 11 is 0. The van der Waals surface area contributed by atoms with Gasteiger partial charge in [-0.25, -0.2) is 0 Å². The maximum atomic E-state index is 12.4. The van der Waals surface area contributed by atoms with Crippen LogP contribution in [-0.2, 0) is 14.3 Å². The van der Waals surface area contributed by atoms with Gasteiger partial charge in [0.25, 0.3) is 5.69 Å². The molecule has 1 atom stereocenters. The van der Waals surface area contributed by atoms with E-state index in [-0.39, 0.29) is 35.8 Å². The van der Waals surface area contributed by atoms with Crippen LogP contribution in [0.15, 0.2) is 39.9 Å². The van der Waals surface area contributed by atoms with Gasteiger partial charge in [-0.1, -0.05) is 13.8 Å². The van der Waals surface area contributed by atoms with E-state index in [0.717, 1.165) is 6.07 Å². The minimum atomic E-state index is -1.06. The molecule has 0 spiro atoms. The number of carbonyl (C=O) groups excluding carboxylic acids is 2. The highest BCUT2D eigenvalue weighted by atomic mass is 16.6. The average Bonchev–Trinajstić information content (AvgIpc) is 2.60. The van der Waals surface area contributed by atoms with Crippen LogP contribution >= 0.6 is 0 Å². The smallest absolute Gasteiger partial charge is 0.317 e. The van der Waals surface area contributed by atoms with Gasteiger partial charge in [0.2, 0.25) is 0 Å². The van der Waals surface area contributed by atoms with Gasteiger partial charge in [-0.05, 0) is 18.4 Å². The van der Waals surface area contributed by atoms with E-state index in [4.69, 9.17) is 9.47 Å². The lowest BCUT2D eigenvalue weighted by Crippen LogP contribution is -2.40. The van der Waals surface area contributed by atoms with Crippen molar-refractivity contribution in [2.45, 2.75) is 27.2 Å². The van der Waals surface area contributed by atoms with Crippen LogP contribution < -0.4 is 4.74 Å². The Balaban J connectivity index is 2.45. The number of azo groups is 1. The van der Waals surface area contributed by atoms with E-state index in [9.17, 15) is 24.8 Å². The quantitative estimate of drug-likeness (QED) is 0.338. The molecular weight excluding hydrogens is 370 g/mol. The van der Waals surface area contributed by atoms with Crippen LogP contribution in [0.1, 0.15) is 27.2 Å². The van der Waals surface area contributed by atoms with Gasteiger partial charge in [0.1, 0.15) is 17.4 Å². The van der Waals surface area contributed by atoms with Crippen molar-refractivity contribution in [1.82, 2.24) is 0 Å². The summed E-state index contributed by atoms with van der Waals surface area (Å²) in [5.74, 6) is -2.63. The van der Waals surface area contributed by atoms with Crippen molar-refractivity contribution >= 4 is 23.1 Å². The molecule has 0 radical (unpaired) electrons. The second kappa shape index (κ2) is 8.15. The fourth-order valence-corrected chi connectivity index (χ4v) is 2.98. The van der Waals surface area contributed by atoms with Gasteiger partial charge in [-0.2, -0.15) is 0 Å². The summed E-state index contributed by atoms with van der Waals surface area (Å²) in [6.07, 6.45) is -0.0354. The van der Waals surface area contributed by atoms with Crippen molar-refractivity contribution in [2.24, 2.45) is 21.6 Å². The van der Waals surface area contributed by atoms with E-state index < -0.39 is 33.8 Å². The van der Waals surface area contributed by atoms with E-state index in [0.29, 0.717) is 0 Å². The maximum Gasteiger partial charge on any atom is 0.317 e. The number of esters is 1. The van der Waals surface area contributed by atoms with E-state index in [2.05, 4.69) is 10.2 Å². The second-order valence-electron chi connectivity index (χ2n) is 6.82. The Kier molecular flexibility index (Phi) is 6.12. The number of non-ortho nitro benzene ring substituents is 1. The first-order valence-corrected chi connectivity index (χ1v) is 8.49. The second-order valence-corrected chi connectivity index (χ2v) is 6.82. The zero-order valence-corrected chi connectivity index (χ0v) is 16.0. The predicted octanol–water partition coefficient (Wildman–Crippen LogP) is 3.64. The molecule has 10 nitrogen and oxygen atoms in total. The number of allylic oxidation sites excluding steroid dienone is 1. The summed E-state index contributed by atoms with van der Waals surface area (Å²) in [6.45, 7) is 5.12. The van der Waals surface area contributed by atoms with Crippen LogP contribution in [0.2, 0.25) is 0 Å². The Morgan fingerprint density at radius 1 is 1.39 bits per heavy atom. The lowest BCUT2D eigenvalue weighted by molar-refractivity contribution is -0.384. The molecule has 0 aliphatic heterocycles. The van der Waals surface area contributed by atoms with E-state index in [1.165, 1.54) is 19.2 Å².